The maximum Gasteiger partial charge on any atom is 0.244 e. The van der Waals surface area contributed by atoms with E-state index in [0.29, 0.717) is 12.1 Å². The van der Waals surface area contributed by atoms with Crippen molar-refractivity contribution < 1.29 is 18.0 Å². The van der Waals surface area contributed by atoms with E-state index in [-0.39, 0.29) is 18.5 Å². The summed E-state index contributed by atoms with van der Waals surface area (Å²) in [5.74, 6) is -0.634. The Morgan fingerprint density at radius 1 is 0.857 bits per heavy atom. The number of amides is 2. The van der Waals surface area contributed by atoms with Crippen LogP contribution < -0.4 is 9.62 Å². The molecule has 8 heteroatoms. The quantitative estimate of drug-likeness (QED) is 0.322. The van der Waals surface area contributed by atoms with E-state index in [0.717, 1.165) is 66.2 Å². The molecule has 1 aliphatic carbocycles. The van der Waals surface area contributed by atoms with E-state index in [4.69, 9.17) is 0 Å². The molecule has 0 saturated heterocycles. The van der Waals surface area contributed by atoms with Crippen LogP contribution in [0, 0.1) is 20.8 Å². The van der Waals surface area contributed by atoms with E-state index in [2.05, 4.69) is 5.32 Å². The lowest BCUT2D eigenvalue weighted by atomic mass is 9.94. The minimum Gasteiger partial charge on any atom is -0.352 e. The molecule has 3 aromatic rings. The fraction of sp³-hybridized carbons (Fsp3) is 0.412. The van der Waals surface area contributed by atoms with E-state index in [1.807, 2.05) is 87.5 Å². The van der Waals surface area contributed by atoms with Crippen molar-refractivity contribution in [3.8, 4) is 0 Å². The number of rotatable bonds is 11. The molecule has 0 unspecified atom stereocenters. The highest BCUT2D eigenvalue weighted by Gasteiger charge is 2.34. The number of aryl methyl sites for hydroxylation is 3. The lowest BCUT2D eigenvalue weighted by Crippen LogP contribution is -2.55. The molecule has 0 bridgehead atoms. The lowest BCUT2D eigenvalue weighted by molar-refractivity contribution is -0.140. The number of nitrogens with one attached hydrogen (secondary N) is 1. The number of hydrogen-bond donors (Lipinski definition) is 1. The molecule has 7 nitrogen and oxygen atoms in total. The number of carbonyl (C=O) groups excluding carboxylic acids is 2. The van der Waals surface area contributed by atoms with Crippen LogP contribution in [0.15, 0.2) is 72.8 Å². The fourth-order valence-corrected chi connectivity index (χ4v) is 6.47. The van der Waals surface area contributed by atoms with Crippen LogP contribution in [0.3, 0.4) is 0 Å². The van der Waals surface area contributed by atoms with Crippen LogP contribution in [0.4, 0.5) is 5.69 Å². The Hall–Kier alpha value is -3.65. The average Bonchev–Trinajstić information content (AvgIpc) is 2.96. The zero-order chi connectivity index (χ0) is 30.3. The van der Waals surface area contributed by atoms with Crippen LogP contribution in [0.5, 0.6) is 0 Å². The molecule has 4 rings (SSSR count). The van der Waals surface area contributed by atoms with Gasteiger partial charge in [-0.25, -0.2) is 8.42 Å². The van der Waals surface area contributed by atoms with Crippen molar-refractivity contribution >= 4 is 27.5 Å². The van der Waals surface area contributed by atoms with Crippen LogP contribution in [0.2, 0.25) is 0 Å². The summed E-state index contributed by atoms with van der Waals surface area (Å²) in [7, 11) is -3.81. The Morgan fingerprint density at radius 2 is 1.50 bits per heavy atom. The van der Waals surface area contributed by atoms with Gasteiger partial charge in [-0.1, -0.05) is 91.6 Å². The molecule has 2 amide bonds. The number of carbonyl (C=O) groups is 2. The van der Waals surface area contributed by atoms with Gasteiger partial charge in [0.15, 0.2) is 0 Å². The van der Waals surface area contributed by atoms with Gasteiger partial charge in [-0.15, -0.1) is 0 Å². The van der Waals surface area contributed by atoms with Gasteiger partial charge in [0.1, 0.15) is 12.6 Å². The van der Waals surface area contributed by atoms with Gasteiger partial charge in [-0.05, 0) is 61.9 Å². The zero-order valence-corrected chi connectivity index (χ0v) is 26.0. The molecule has 0 spiro atoms. The van der Waals surface area contributed by atoms with E-state index in [1.54, 1.807) is 11.0 Å². The Bertz CT molecular complexity index is 1470. The summed E-state index contributed by atoms with van der Waals surface area (Å²) < 4.78 is 27.3. The molecule has 1 saturated carbocycles. The molecule has 1 N–H and O–H groups in total. The number of nitrogens with zero attached hydrogens (tertiary/aromatic N) is 2. The predicted molar refractivity (Wildman–Crippen MR) is 169 cm³/mol. The van der Waals surface area contributed by atoms with Crippen molar-refractivity contribution in [2.75, 3.05) is 17.1 Å². The normalized spacial score (nSPS) is 14.7. The Morgan fingerprint density at radius 3 is 2.14 bits per heavy atom. The molecular weight excluding hydrogens is 546 g/mol. The third-order valence-corrected chi connectivity index (χ3v) is 9.14. The summed E-state index contributed by atoms with van der Waals surface area (Å²) in [6.45, 7) is 5.49. The average molecular weight is 590 g/mol. The monoisotopic (exact) mass is 589 g/mol. The first kappa shape index (κ1) is 31.3. The summed E-state index contributed by atoms with van der Waals surface area (Å²) in [5, 5.41) is 3.24. The minimum absolute atomic E-state index is 0.0725. The van der Waals surface area contributed by atoms with Crippen LogP contribution in [-0.2, 0) is 32.6 Å². The Balaban J connectivity index is 1.73. The first-order valence-corrected chi connectivity index (χ1v) is 16.6. The van der Waals surface area contributed by atoms with Crippen LogP contribution >= 0.6 is 0 Å². The molecule has 1 atom stereocenters. The highest BCUT2D eigenvalue weighted by atomic mass is 32.2. The Kier molecular flexibility index (Phi) is 10.4. The van der Waals surface area contributed by atoms with Crippen molar-refractivity contribution in [3.63, 3.8) is 0 Å². The second kappa shape index (κ2) is 14.0. The predicted octanol–water partition coefficient (Wildman–Crippen LogP) is 5.47. The molecular formula is C34H43N3O4S. The van der Waals surface area contributed by atoms with Crippen molar-refractivity contribution in [1.82, 2.24) is 10.2 Å². The number of anilines is 1. The molecule has 0 radical (unpaired) electrons. The second-order valence-corrected chi connectivity index (χ2v) is 13.5. The van der Waals surface area contributed by atoms with E-state index < -0.39 is 28.5 Å². The van der Waals surface area contributed by atoms with Gasteiger partial charge in [0, 0.05) is 19.0 Å². The van der Waals surface area contributed by atoms with E-state index in [1.165, 1.54) is 4.31 Å². The van der Waals surface area contributed by atoms with Gasteiger partial charge in [0.2, 0.25) is 21.8 Å². The molecule has 1 fully saturated rings. The number of benzene rings is 3. The minimum atomic E-state index is -3.81. The molecule has 42 heavy (non-hydrogen) atoms. The largest absolute Gasteiger partial charge is 0.352 e. The van der Waals surface area contributed by atoms with Gasteiger partial charge < -0.3 is 10.2 Å². The molecule has 224 valence electrons. The number of sulfonamides is 1. The maximum absolute atomic E-state index is 14.3. The highest BCUT2D eigenvalue weighted by Crippen LogP contribution is 2.25. The van der Waals surface area contributed by atoms with Gasteiger partial charge in [-0.3, -0.25) is 13.9 Å². The zero-order valence-electron chi connectivity index (χ0n) is 25.2. The first-order valence-electron chi connectivity index (χ1n) is 14.8. The van der Waals surface area contributed by atoms with Crippen molar-refractivity contribution in [1.29, 1.82) is 0 Å². The third-order valence-electron chi connectivity index (χ3n) is 8.01. The topological polar surface area (TPSA) is 86.8 Å². The standard InChI is InChI=1S/C34H43N3O4S/c1-25-16-19-29(20-17-25)23-36(33(38)24-37(42(4,40)41)31-21-26(2)15-18-27(31)3)32(22-28-11-7-5-8-12-28)34(39)35-30-13-9-6-10-14-30/h5,7-8,11-12,15-21,30,32H,6,9-10,13-14,22-24H2,1-4H3,(H,35,39)/t32-/m0/s1. The molecule has 0 aliphatic heterocycles. The van der Waals surface area contributed by atoms with Crippen LogP contribution in [0.25, 0.3) is 0 Å². The van der Waals surface area contributed by atoms with Crippen molar-refractivity contribution in [2.45, 2.75) is 77.9 Å². The van der Waals surface area contributed by atoms with Crippen molar-refractivity contribution in [3.05, 3.63) is 101 Å². The van der Waals surface area contributed by atoms with Crippen LogP contribution in [0.1, 0.15) is 59.9 Å². The van der Waals surface area contributed by atoms with Gasteiger partial charge in [-0.2, -0.15) is 0 Å². The molecule has 0 heterocycles. The second-order valence-electron chi connectivity index (χ2n) is 11.6. The van der Waals surface area contributed by atoms with Crippen LogP contribution in [-0.4, -0.2) is 50.0 Å². The third kappa shape index (κ3) is 8.44. The first-order chi connectivity index (χ1) is 20.0. The summed E-state index contributed by atoms with van der Waals surface area (Å²) in [6, 6.07) is 22.3. The summed E-state index contributed by atoms with van der Waals surface area (Å²) >= 11 is 0. The summed E-state index contributed by atoms with van der Waals surface area (Å²) in [6.07, 6.45) is 6.58. The smallest absolute Gasteiger partial charge is 0.244 e. The SMILES string of the molecule is Cc1ccc(CN(C(=O)CN(c2cc(C)ccc2C)S(C)(=O)=O)[C@@H](Cc2ccccc2)C(=O)NC2CCCCC2)cc1. The van der Waals surface area contributed by atoms with Crippen molar-refractivity contribution in [2.24, 2.45) is 0 Å². The Labute approximate surface area is 251 Å². The highest BCUT2D eigenvalue weighted by molar-refractivity contribution is 7.92. The molecule has 3 aromatic carbocycles. The number of hydrogen-bond acceptors (Lipinski definition) is 4. The summed E-state index contributed by atoms with van der Waals surface area (Å²) in [5.41, 5.74) is 4.99. The van der Waals surface area contributed by atoms with Gasteiger partial charge in [0.25, 0.3) is 0 Å². The van der Waals surface area contributed by atoms with Gasteiger partial charge in [0.05, 0.1) is 11.9 Å². The lowest BCUT2D eigenvalue weighted by Gasteiger charge is -2.35. The van der Waals surface area contributed by atoms with E-state index >= 15 is 0 Å². The molecule has 1 aliphatic rings. The fourth-order valence-electron chi connectivity index (χ4n) is 5.57. The van der Waals surface area contributed by atoms with E-state index in [9.17, 15) is 18.0 Å². The van der Waals surface area contributed by atoms with Gasteiger partial charge >= 0.3 is 0 Å². The molecule has 0 aromatic heterocycles. The summed E-state index contributed by atoms with van der Waals surface area (Å²) in [4.78, 5) is 29.9. The maximum atomic E-state index is 14.3.